The van der Waals surface area contributed by atoms with E-state index in [4.69, 9.17) is 0 Å². The van der Waals surface area contributed by atoms with E-state index in [2.05, 4.69) is 0 Å². The summed E-state index contributed by atoms with van der Waals surface area (Å²) < 4.78 is 0. The Morgan fingerprint density at radius 3 is 0.333 bits per heavy atom. The Morgan fingerprint density at radius 2 is 0.333 bits per heavy atom. The van der Waals surface area contributed by atoms with Gasteiger partial charge in [0.1, 0.15) is 0 Å². The Labute approximate surface area is 133 Å². The van der Waals surface area contributed by atoms with Gasteiger partial charge in [-0.15, -0.1) is 0 Å². The summed E-state index contributed by atoms with van der Waals surface area (Å²) in [5, 5.41) is 0. The van der Waals surface area contributed by atoms with Gasteiger partial charge in [-0.2, -0.15) is 0 Å². The van der Waals surface area contributed by atoms with Crippen LogP contribution in [0.1, 0.15) is 0 Å². The standard InChI is InChI=1S/5Ir.La. The van der Waals surface area contributed by atoms with Crippen LogP contribution in [-0.2, 0) is 101 Å². The Kier molecular flexibility index (Phi) is 268. The van der Waals surface area contributed by atoms with Crippen LogP contribution in [0.5, 0.6) is 0 Å². The first-order valence-corrected chi connectivity index (χ1v) is 0. The van der Waals surface area contributed by atoms with E-state index in [1.165, 1.54) is 0 Å². The van der Waals surface area contributed by atoms with Crippen LogP contribution in [0.3, 0.4) is 0 Å². The van der Waals surface area contributed by atoms with E-state index in [0.29, 0.717) is 0 Å². The summed E-state index contributed by atoms with van der Waals surface area (Å²) in [5.74, 6) is 0. The first-order chi connectivity index (χ1) is 0. The summed E-state index contributed by atoms with van der Waals surface area (Å²) >= 11 is 0. The summed E-state index contributed by atoms with van der Waals surface area (Å²) in [6, 6.07) is 0. The molecule has 0 aliphatic heterocycles. The third kappa shape index (κ3) is 23.7. The SMILES string of the molecule is [Ir].[Ir].[Ir].[Ir].[Ir].[La]. The first-order valence-electron chi connectivity index (χ1n) is 0. The van der Waals surface area contributed by atoms with Crippen molar-refractivity contribution >= 4 is 0 Å². The molecule has 0 aromatic carbocycles. The van der Waals surface area contributed by atoms with Crippen molar-refractivity contribution in [2.24, 2.45) is 0 Å². The molecule has 48 valence electrons. The molecule has 0 aromatic heterocycles. The van der Waals surface area contributed by atoms with Gasteiger partial charge in [-0.05, 0) is 0 Å². The summed E-state index contributed by atoms with van der Waals surface area (Å²) in [6.07, 6.45) is 0. The molecule has 0 aliphatic carbocycles. The Bertz CT molecular complexity index is 3.90. The summed E-state index contributed by atoms with van der Waals surface area (Å²) in [6.45, 7) is 0. The fourth-order valence-electron chi connectivity index (χ4n) is 0. The second-order valence-electron chi connectivity index (χ2n) is 0. The van der Waals surface area contributed by atoms with Gasteiger partial charge in [0.05, 0.1) is 0 Å². The van der Waals surface area contributed by atoms with Crippen molar-refractivity contribution in [2.45, 2.75) is 0 Å². The number of hydrogen-bond donors (Lipinski definition) is 0. The zero-order valence-corrected chi connectivity index (χ0v) is 17.8. The van der Waals surface area contributed by atoms with Crippen molar-refractivity contribution < 1.29 is 136 Å². The van der Waals surface area contributed by atoms with Gasteiger partial charge in [-0.25, -0.2) is 0 Å². The summed E-state index contributed by atoms with van der Waals surface area (Å²) in [4.78, 5) is 0. The third-order valence-corrected chi connectivity index (χ3v) is 0. The second kappa shape index (κ2) is 34.1. The van der Waals surface area contributed by atoms with Crippen molar-refractivity contribution in [2.75, 3.05) is 0 Å². The van der Waals surface area contributed by atoms with E-state index in [9.17, 15) is 0 Å². The van der Waals surface area contributed by atoms with E-state index in [-0.39, 0.29) is 136 Å². The molecular weight excluding hydrogens is 1100 g/mol. The number of hydrogen-bond acceptors (Lipinski definition) is 0. The molecule has 0 saturated carbocycles. The van der Waals surface area contributed by atoms with Gasteiger partial charge in [-0.1, -0.05) is 0 Å². The van der Waals surface area contributed by atoms with Crippen LogP contribution in [-0.4, -0.2) is 0 Å². The molecule has 0 aliphatic rings. The van der Waals surface area contributed by atoms with E-state index < -0.39 is 0 Å². The van der Waals surface area contributed by atoms with Crippen LogP contribution in [0.25, 0.3) is 0 Å². The molecule has 0 heterocycles. The topological polar surface area (TPSA) is 0 Å². The minimum Gasteiger partial charge on any atom is 0 e. The van der Waals surface area contributed by atoms with Crippen LogP contribution in [0.2, 0.25) is 0 Å². The molecule has 0 N–H and O–H groups in total. The zero-order chi connectivity index (χ0) is 0. The molecule has 6 heavy (non-hydrogen) atoms. The zero-order valence-electron chi connectivity index (χ0n) is 2.24. The molecule has 0 saturated heterocycles. The van der Waals surface area contributed by atoms with Crippen LogP contribution < -0.4 is 0 Å². The summed E-state index contributed by atoms with van der Waals surface area (Å²) in [5.41, 5.74) is 0. The van der Waals surface area contributed by atoms with Gasteiger partial charge >= 0.3 is 0 Å². The van der Waals surface area contributed by atoms with E-state index in [1.54, 1.807) is 0 Å². The normalized spacial score (nSPS) is 0. The van der Waals surface area contributed by atoms with Gasteiger partial charge in [0, 0.05) is 136 Å². The largest absolute Gasteiger partial charge is 0 e. The minimum absolute atomic E-state index is 0. The van der Waals surface area contributed by atoms with Gasteiger partial charge < -0.3 is 0 Å². The maximum atomic E-state index is 0. The Balaban J connectivity index is 0. The van der Waals surface area contributed by atoms with Crippen molar-refractivity contribution in [1.82, 2.24) is 0 Å². The molecule has 6 heteroatoms. The van der Waals surface area contributed by atoms with Crippen molar-refractivity contribution in [1.29, 1.82) is 0 Å². The molecule has 6 radical (unpaired) electrons. The van der Waals surface area contributed by atoms with E-state index >= 15 is 0 Å². The van der Waals surface area contributed by atoms with Gasteiger partial charge in [-0.3, -0.25) is 0 Å². The van der Waals surface area contributed by atoms with Crippen LogP contribution in [0.15, 0.2) is 0 Å². The third-order valence-electron chi connectivity index (χ3n) is 0. The van der Waals surface area contributed by atoms with Crippen LogP contribution in [0, 0.1) is 35.6 Å². The average Bonchev–Trinajstić information content (AvgIpc) is 0. The van der Waals surface area contributed by atoms with Gasteiger partial charge in [0.25, 0.3) is 0 Å². The van der Waals surface area contributed by atoms with Gasteiger partial charge in [0.15, 0.2) is 0 Å². The Hall–Kier alpha value is 4.44. The quantitative estimate of drug-likeness (QED) is 0.321. The maximum Gasteiger partial charge on any atom is 0 e. The van der Waals surface area contributed by atoms with E-state index in [0.717, 1.165) is 0 Å². The van der Waals surface area contributed by atoms with Crippen molar-refractivity contribution in [3.05, 3.63) is 0 Å². The smallest absolute Gasteiger partial charge is 0 e. The molecule has 0 nitrogen and oxygen atoms in total. The molecule has 0 spiro atoms. The molecule has 0 aromatic rings. The molecule has 0 atom stereocenters. The van der Waals surface area contributed by atoms with Crippen molar-refractivity contribution in [3.8, 4) is 0 Å². The Morgan fingerprint density at radius 1 is 0.333 bits per heavy atom. The fourth-order valence-corrected chi connectivity index (χ4v) is 0. The van der Waals surface area contributed by atoms with Crippen LogP contribution in [0.4, 0.5) is 0 Å². The first kappa shape index (κ1) is 47.2. The predicted octanol–water partition coefficient (Wildman–Crippen LogP) is -0.0125. The molecule has 0 unspecified atom stereocenters. The van der Waals surface area contributed by atoms with Gasteiger partial charge in [0.2, 0.25) is 0 Å². The average molecular weight is 1100 g/mol. The summed E-state index contributed by atoms with van der Waals surface area (Å²) in [7, 11) is 0. The maximum absolute atomic E-state index is 0. The molecule has 0 fully saturated rings. The van der Waals surface area contributed by atoms with Crippen LogP contribution >= 0.6 is 0 Å². The fraction of sp³-hybridized carbons (Fsp3) is 0. The molecule has 0 rings (SSSR count). The molecule has 0 amide bonds. The monoisotopic (exact) mass is 1100 g/mol. The molecule has 0 bridgehead atoms. The minimum atomic E-state index is 0. The van der Waals surface area contributed by atoms with Crippen molar-refractivity contribution in [3.63, 3.8) is 0 Å². The predicted molar refractivity (Wildman–Crippen MR) is 0 cm³/mol. The second-order valence-corrected chi connectivity index (χ2v) is 0. The number of rotatable bonds is 0. The van der Waals surface area contributed by atoms with E-state index in [1.807, 2.05) is 0 Å². The molecular formula is Ir5La.